The van der Waals surface area contributed by atoms with Crippen LogP contribution in [0.15, 0.2) is 12.3 Å². The van der Waals surface area contributed by atoms with E-state index in [1.54, 1.807) is 12.3 Å². The molecule has 1 aliphatic carbocycles. The van der Waals surface area contributed by atoms with E-state index < -0.39 is 0 Å². The summed E-state index contributed by atoms with van der Waals surface area (Å²) in [5, 5.41) is 11.1. The zero-order chi connectivity index (χ0) is 10.7. The van der Waals surface area contributed by atoms with Crippen LogP contribution in [0.2, 0.25) is 0 Å². The zero-order valence-electron chi connectivity index (χ0n) is 8.31. The molecule has 0 bridgehead atoms. The fourth-order valence-electron chi connectivity index (χ4n) is 1.30. The lowest BCUT2D eigenvalue weighted by Gasteiger charge is -2.03. The molecule has 0 spiro atoms. The van der Waals surface area contributed by atoms with Gasteiger partial charge in [0, 0.05) is 18.7 Å². The number of carbonyl (C=O) groups excluding carboxylic acids is 1. The second kappa shape index (κ2) is 4.35. The third kappa shape index (κ3) is 2.50. The minimum absolute atomic E-state index is 0.0632. The van der Waals surface area contributed by atoms with Gasteiger partial charge in [-0.1, -0.05) is 0 Å². The molecule has 1 amide bonds. The van der Waals surface area contributed by atoms with Crippen molar-refractivity contribution in [2.75, 3.05) is 13.2 Å². The van der Waals surface area contributed by atoms with Crippen LogP contribution in [-0.2, 0) is 0 Å². The van der Waals surface area contributed by atoms with Crippen LogP contribution in [0.5, 0.6) is 0 Å². The van der Waals surface area contributed by atoms with E-state index in [1.807, 2.05) is 0 Å². The molecule has 5 nitrogen and oxygen atoms in total. The summed E-state index contributed by atoms with van der Waals surface area (Å²) in [5.74, 6) is 0.940. The van der Waals surface area contributed by atoms with Crippen LogP contribution in [0.3, 0.4) is 0 Å². The highest BCUT2D eigenvalue weighted by molar-refractivity contribution is 5.92. The second-order valence-corrected chi connectivity index (χ2v) is 3.55. The summed E-state index contributed by atoms with van der Waals surface area (Å²) >= 11 is 0. The number of rotatable bonds is 4. The summed E-state index contributed by atoms with van der Waals surface area (Å²) in [6.07, 6.45) is 3.83. The van der Waals surface area contributed by atoms with Gasteiger partial charge in [-0.3, -0.25) is 4.79 Å². The average Bonchev–Trinajstić information content (AvgIpc) is 3.10. The van der Waals surface area contributed by atoms with Crippen molar-refractivity contribution in [2.45, 2.75) is 18.8 Å². The van der Waals surface area contributed by atoms with Gasteiger partial charge in [0.05, 0.1) is 6.61 Å². The Balaban J connectivity index is 2.06. The fourth-order valence-corrected chi connectivity index (χ4v) is 1.30. The monoisotopic (exact) mass is 207 g/mol. The number of hydrogen-bond acceptors (Lipinski definition) is 4. The minimum atomic E-state index is -0.256. The molecule has 0 radical (unpaired) electrons. The maximum atomic E-state index is 11.5. The lowest BCUT2D eigenvalue weighted by atomic mass is 10.3. The molecule has 0 atom stereocenters. The highest BCUT2D eigenvalue weighted by Crippen LogP contribution is 2.37. The molecular weight excluding hydrogens is 194 g/mol. The Bertz CT molecular complexity index is 363. The van der Waals surface area contributed by atoms with Crippen LogP contribution in [0.1, 0.15) is 35.1 Å². The van der Waals surface area contributed by atoms with E-state index in [0.717, 1.165) is 18.7 Å². The maximum absolute atomic E-state index is 11.5. The average molecular weight is 207 g/mol. The lowest BCUT2D eigenvalue weighted by Crippen LogP contribution is -2.27. The summed E-state index contributed by atoms with van der Waals surface area (Å²) in [6, 6.07) is 1.58. The van der Waals surface area contributed by atoms with Crippen molar-refractivity contribution in [3.63, 3.8) is 0 Å². The molecule has 2 N–H and O–H groups in total. The number of amides is 1. The molecule has 2 rings (SSSR count). The first-order chi connectivity index (χ1) is 7.31. The molecule has 1 fully saturated rings. The quantitative estimate of drug-likeness (QED) is 0.733. The van der Waals surface area contributed by atoms with Gasteiger partial charge < -0.3 is 10.4 Å². The molecule has 1 heterocycles. The number of nitrogens with zero attached hydrogens (tertiary/aromatic N) is 2. The first-order valence-corrected chi connectivity index (χ1v) is 5.03. The molecule has 0 unspecified atom stereocenters. The Labute approximate surface area is 87.6 Å². The van der Waals surface area contributed by atoms with Gasteiger partial charge in [0.2, 0.25) is 0 Å². The van der Waals surface area contributed by atoms with Gasteiger partial charge in [0.15, 0.2) is 0 Å². The molecule has 1 aliphatic rings. The van der Waals surface area contributed by atoms with E-state index in [0.29, 0.717) is 11.6 Å². The fraction of sp³-hybridized carbons (Fsp3) is 0.500. The summed E-state index contributed by atoms with van der Waals surface area (Å²) < 4.78 is 0. The SMILES string of the molecule is O=C(NCCO)c1ccnc(C2CC2)n1. The Morgan fingerprint density at radius 3 is 3.07 bits per heavy atom. The van der Waals surface area contributed by atoms with Gasteiger partial charge in [-0.05, 0) is 18.9 Å². The molecule has 1 aromatic rings. The van der Waals surface area contributed by atoms with Crippen LogP contribution in [-0.4, -0.2) is 34.1 Å². The number of nitrogens with one attached hydrogen (secondary N) is 1. The van der Waals surface area contributed by atoms with E-state index in [4.69, 9.17) is 5.11 Å². The number of aromatic nitrogens is 2. The third-order valence-electron chi connectivity index (χ3n) is 2.25. The van der Waals surface area contributed by atoms with Crippen molar-refractivity contribution in [2.24, 2.45) is 0 Å². The normalized spacial score (nSPS) is 15.0. The molecule has 80 valence electrons. The molecule has 0 saturated heterocycles. The second-order valence-electron chi connectivity index (χ2n) is 3.55. The topological polar surface area (TPSA) is 75.1 Å². The predicted octanol–water partition coefficient (Wildman–Crippen LogP) is 0.0761. The molecule has 5 heteroatoms. The zero-order valence-corrected chi connectivity index (χ0v) is 8.31. The molecule has 1 aromatic heterocycles. The smallest absolute Gasteiger partial charge is 0.270 e. The number of aliphatic hydroxyl groups excluding tert-OH is 1. The Kier molecular flexibility index (Phi) is 2.91. The van der Waals surface area contributed by atoms with Gasteiger partial charge in [-0.2, -0.15) is 0 Å². The molecular formula is C10H13N3O2. The van der Waals surface area contributed by atoms with Crippen molar-refractivity contribution >= 4 is 5.91 Å². The predicted molar refractivity (Wildman–Crippen MR) is 53.4 cm³/mol. The van der Waals surface area contributed by atoms with E-state index in [1.165, 1.54) is 0 Å². The first-order valence-electron chi connectivity index (χ1n) is 5.03. The summed E-state index contributed by atoms with van der Waals surface area (Å²) in [6.45, 7) is 0.188. The summed E-state index contributed by atoms with van der Waals surface area (Å²) in [5.41, 5.74) is 0.375. The summed E-state index contributed by atoms with van der Waals surface area (Å²) in [7, 11) is 0. The van der Waals surface area contributed by atoms with Gasteiger partial charge in [0.25, 0.3) is 5.91 Å². The van der Waals surface area contributed by atoms with Crippen molar-refractivity contribution < 1.29 is 9.90 Å². The van der Waals surface area contributed by atoms with Crippen LogP contribution >= 0.6 is 0 Å². The van der Waals surface area contributed by atoms with Gasteiger partial charge in [0.1, 0.15) is 11.5 Å². The molecule has 0 aliphatic heterocycles. The van der Waals surface area contributed by atoms with Gasteiger partial charge >= 0.3 is 0 Å². The van der Waals surface area contributed by atoms with E-state index in [9.17, 15) is 4.79 Å². The highest BCUT2D eigenvalue weighted by atomic mass is 16.3. The molecule has 0 aromatic carbocycles. The van der Waals surface area contributed by atoms with Crippen LogP contribution in [0.25, 0.3) is 0 Å². The van der Waals surface area contributed by atoms with E-state index in [-0.39, 0.29) is 19.1 Å². The van der Waals surface area contributed by atoms with Crippen molar-refractivity contribution in [3.05, 3.63) is 23.8 Å². The summed E-state index contributed by atoms with van der Waals surface area (Å²) in [4.78, 5) is 19.8. The van der Waals surface area contributed by atoms with Crippen molar-refractivity contribution in [3.8, 4) is 0 Å². The third-order valence-corrected chi connectivity index (χ3v) is 2.25. The Morgan fingerprint density at radius 2 is 2.40 bits per heavy atom. The molecule has 1 saturated carbocycles. The highest BCUT2D eigenvalue weighted by Gasteiger charge is 2.26. The van der Waals surface area contributed by atoms with Gasteiger partial charge in [-0.15, -0.1) is 0 Å². The largest absolute Gasteiger partial charge is 0.395 e. The maximum Gasteiger partial charge on any atom is 0.270 e. The minimum Gasteiger partial charge on any atom is -0.395 e. The van der Waals surface area contributed by atoms with Crippen molar-refractivity contribution in [1.29, 1.82) is 0 Å². The first kappa shape index (κ1) is 10.0. The van der Waals surface area contributed by atoms with Crippen LogP contribution in [0.4, 0.5) is 0 Å². The number of carbonyl (C=O) groups is 1. The van der Waals surface area contributed by atoms with Crippen LogP contribution in [0, 0.1) is 0 Å². The molecule has 15 heavy (non-hydrogen) atoms. The van der Waals surface area contributed by atoms with E-state index >= 15 is 0 Å². The number of hydrogen-bond donors (Lipinski definition) is 2. The number of aliphatic hydroxyl groups is 1. The van der Waals surface area contributed by atoms with E-state index in [2.05, 4.69) is 15.3 Å². The standard InChI is InChI=1S/C10H13N3O2/c14-6-5-12-10(15)8-3-4-11-9(13-8)7-1-2-7/h3-4,7,14H,1-2,5-6H2,(H,12,15). The Hall–Kier alpha value is -1.49. The van der Waals surface area contributed by atoms with Gasteiger partial charge in [-0.25, -0.2) is 9.97 Å². The lowest BCUT2D eigenvalue weighted by molar-refractivity contribution is 0.0939. The van der Waals surface area contributed by atoms with Crippen molar-refractivity contribution in [1.82, 2.24) is 15.3 Å². The van der Waals surface area contributed by atoms with Crippen LogP contribution < -0.4 is 5.32 Å². The Morgan fingerprint density at radius 1 is 1.60 bits per heavy atom.